The summed E-state index contributed by atoms with van der Waals surface area (Å²) in [6, 6.07) is 8.23. The van der Waals surface area contributed by atoms with Crippen LogP contribution in [0.5, 0.6) is 0 Å². The number of hydrogen-bond acceptors (Lipinski definition) is 6. The molecule has 1 saturated heterocycles. The molecule has 2 heterocycles. The number of carbonyl (C=O) groups excluding carboxylic acids is 2. The highest BCUT2D eigenvalue weighted by Gasteiger charge is 2.24. The summed E-state index contributed by atoms with van der Waals surface area (Å²) >= 11 is 1.41. The van der Waals surface area contributed by atoms with E-state index in [2.05, 4.69) is 10.2 Å². The smallest absolute Gasteiger partial charge is 0.273 e. The van der Waals surface area contributed by atoms with Crippen molar-refractivity contribution < 1.29 is 14.5 Å². The van der Waals surface area contributed by atoms with Crippen LogP contribution in [-0.4, -0.2) is 65.8 Å². The van der Waals surface area contributed by atoms with Crippen LogP contribution in [0, 0.1) is 17.0 Å². The fraction of sp³-hybridized carbons (Fsp3) is 0.368. The van der Waals surface area contributed by atoms with E-state index in [1.54, 1.807) is 30.0 Å². The first-order valence-corrected chi connectivity index (χ1v) is 9.92. The zero-order valence-electron chi connectivity index (χ0n) is 15.6. The molecule has 2 amide bonds. The summed E-state index contributed by atoms with van der Waals surface area (Å²) in [6.45, 7) is 5.44. The van der Waals surface area contributed by atoms with Crippen LogP contribution in [0.4, 0.5) is 5.69 Å². The minimum Gasteiger partial charge on any atom is -0.350 e. The molecule has 1 aliphatic heterocycles. The molecule has 1 N–H and O–H groups in total. The van der Waals surface area contributed by atoms with E-state index in [1.807, 2.05) is 11.4 Å². The van der Waals surface area contributed by atoms with E-state index >= 15 is 0 Å². The number of nitro benzene ring substituents is 1. The van der Waals surface area contributed by atoms with Gasteiger partial charge in [0.25, 0.3) is 17.5 Å². The molecular weight excluding hydrogens is 380 g/mol. The molecule has 9 heteroatoms. The number of benzene rings is 1. The van der Waals surface area contributed by atoms with Gasteiger partial charge in [-0.05, 0) is 24.4 Å². The predicted octanol–water partition coefficient (Wildman–Crippen LogP) is 2.15. The van der Waals surface area contributed by atoms with Crippen molar-refractivity contribution in [3.8, 4) is 0 Å². The number of thiophene rings is 1. The molecule has 0 atom stereocenters. The van der Waals surface area contributed by atoms with Gasteiger partial charge < -0.3 is 10.2 Å². The molecule has 0 saturated carbocycles. The molecule has 3 rings (SSSR count). The van der Waals surface area contributed by atoms with Crippen molar-refractivity contribution in [3.05, 3.63) is 61.8 Å². The number of hydrogen-bond donors (Lipinski definition) is 1. The van der Waals surface area contributed by atoms with Crippen LogP contribution in [0.1, 0.15) is 25.6 Å². The Morgan fingerprint density at radius 3 is 2.61 bits per heavy atom. The quantitative estimate of drug-likeness (QED) is 0.590. The Balaban J connectivity index is 1.47. The predicted molar refractivity (Wildman–Crippen MR) is 107 cm³/mol. The van der Waals surface area contributed by atoms with Gasteiger partial charge >= 0.3 is 0 Å². The minimum absolute atomic E-state index is 0.0361. The topological polar surface area (TPSA) is 95.8 Å². The van der Waals surface area contributed by atoms with Crippen molar-refractivity contribution in [2.45, 2.75) is 6.92 Å². The zero-order chi connectivity index (χ0) is 20.1. The number of nitrogens with zero attached hydrogens (tertiary/aromatic N) is 3. The maximum Gasteiger partial charge on any atom is 0.273 e. The Kier molecular flexibility index (Phi) is 6.37. The number of amides is 2. The summed E-state index contributed by atoms with van der Waals surface area (Å²) in [4.78, 5) is 39.8. The maximum atomic E-state index is 12.7. The van der Waals surface area contributed by atoms with Gasteiger partial charge in [-0.15, -0.1) is 11.3 Å². The molecule has 148 valence electrons. The number of aryl methyl sites for hydroxylation is 1. The van der Waals surface area contributed by atoms with Crippen LogP contribution in [0.15, 0.2) is 35.7 Å². The highest BCUT2D eigenvalue weighted by Crippen LogP contribution is 2.20. The van der Waals surface area contributed by atoms with E-state index in [0.29, 0.717) is 48.7 Å². The van der Waals surface area contributed by atoms with Crippen molar-refractivity contribution in [2.75, 3.05) is 39.3 Å². The molecule has 1 aromatic carbocycles. The third-order valence-electron chi connectivity index (χ3n) is 4.77. The van der Waals surface area contributed by atoms with Crippen LogP contribution < -0.4 is 5.32 Å². The molecular formula is C19H22N4O4S. The first kappa shape index (κ1) is 20.0. The normalized spacial score (nSPS) is 14.7. The summed E-state index contributed by atoms with van der Waals surface area (Å²) in [5, 5.41) is 15.9. The standard InChI is InChI=1S/C19H22N4O4S/c1-14-4-5-15(13-16(14)23(26)27)19(25)22-10-8-21(9-11-22)7-6-20-18(24)17-3-2-12-28-17/h2-5,12-13H,6-11H2,1H3,(H,20,24). The minimum atomic E-state index is -0.464. The first-order chi connectivity index (χ1) is 13.5. The third kappa shape index (κ3) is 4.73. The average molecular weight is 402 g/mol. The van der Waals surface area contributed by atoms with Crippen LogP contribution in [0.3, 0.4) is 0 Å². The van der Waals surface area contributed by atoms with Gasteiger partial charge in [-0.3, -0.25) is 24.6 Å². The van der Waals surface area contributed by atoms with Gasteiger partial charge in [0.15, 0.2) is 0 Å². The lowest BCUT2D eigenvalue weighted by molar-refractivity contribution is -0.385. The van der Waals surface area contributed by atoms with Crippen molar-refractivity contribution in [1.29, 1.82) is 0 Å². The first-order valence-electron chi connectivity index (χ1n) is 9.04. The second kappa shape index (κ2) is 8.94. The van der Waals surface area contributed by atoms with E-state index in [1.165, 1.54) is 17.4 Å². The molecule has 8 nitrogen and oxygen atoms in total. The van der Waals surface area contributed by atoms with E-state index in [0.717, 1.165) is 6.54 Å². The highest BCUT2D eigenvalue weighted by atomic mass is 32.1. The second-order valence-electron chi connectivity index (χ2n) is 6.63. The highest BCUT2D eigenvalue weighted by molar-refractivity contribution is 7.12. The zero-order valence-corrected chi connectivity index (χ0v) is 16.4. The second-order valence-corrected chi connectivity index (χ2v) is 7.57. The largest absolute Gasteiger partial charge is 0.350 e. The van der Waals surface area contributed by atoms with Crippen molar-refractivity contribution in [2.24, 2.45) is 0 Å². The molecule has 1 aliphatic rings. The molecule has 0 radical (unpaired) electrons. The van der Waals surface area contributed by atoms with Crippen LogP contribution in [0.25, 0.3) is 0 Å². The Morgan fingerprint density at radius 2 is 1.96 bits per heavy atom. The van der Waals surface area contributed by atoms with E-state index in [4.69, 9.17) is 0 Å². The molecule has 28 heavy (non-hydrogen) atoms. The summed E-state index contributed by atoms with van der Waals surface area (Å²) in [7, 11) is 0. The van der Waals surface area contributed by atoms with Gasteiger partial charge in [0.1, 0.15) is 0 Å². The number of rotatable bonds is 6. The summed E-state index contributed by atoms with van der Waals surface area (Å²) in [5.41, 5.74) is 0.843. The molecule has 1 aromatic heterocycles. The number of piperazine rings is 1. The van der Waals surface area contributed by atoms with Crippen molar-refractivity contribution in [1.82, 2.24) is 15.1 Å². The van der Waals surface area contributed by atoms with Crippen LogP contribution in [0.2, 0.25) is 0 Å². The van der Waals surface area contributed by atoms with Crippen LogP contribution >= 0.6 is 11.3 Å². The molecule has 0 unspecified atom stereocenters. The Hall–Kier alpha value is -2.78. The lowest BCUT2D eigenvalue weighted by atomic mass is 10.1. The SMILES string of the molecule is Cc1ccc(C(=O)N2CCN(CCNC(=O)c3cccs3)CC2)cc1[N+](=O)[O-]. The Labute approximate surface area is 166 Å². The summed E-state index contributed by atoms with van der Waals surface area (Å²) < 4.78 is 0. The van der Waals surface area contributed by atoms with Gasteiger partial charge in [0, 0.05) is 56.5 Å². The molecule has 2 aromatic rings. The van der Waals surface area contributed by atoms with E-state index in [-0.39, 0.29) is 17.5 Å². The van der Waals surface area contributed by atoms with Crippen molar-refractivity contribution in [3.63, 3.8) is 0 Å². The lowest BCUT2D eigenvalue weighted by Gasteiger charge is -2.34. The van der Waals surface area contributed by atoms with Gasteiger partial charge in [-0.25, -0.2) is 0 Å². The fourth-order valence-electron chi connectivity index (χ4n) is 3.12. The third-order valence-corrected chi connectivity index (χ3v) is 5.64. The molecule has 0 spiro atoms. The van der Waals surface area contributed by atoms with Gasteiger partial charge in [-0.2, -0.15) is 0 Å². The van der Waals surface area contributed by atoms with Gasteiger partial charge in [0.2, 0.25) is 0 Å². The Bertz CT molecular complexity index is 861. The summed E-state index contributed by atoms with van der Waals surface area (Å²) in [6.07, 6.45) is 0. The van der Waals surface area contributed by atoms with E-state index in [9.17, 15) is 19.7 Å². The number of nitrogens with one attached hydrogen (secondary N) is 1. The number of carbonyl (C=O) groups is 2. The molecule has 0 bridgehead atoms. The molecule has 1 fully saturated rings. The Morgan fingerprint density at radius 1 is 1.21 bits per heavy atom. The van der Waals surface area contributed by atoms with Gasteiger partial charge in [0.05, 0.1) is 9.80 Å². The summed E-state index contributed by atoms with van der Waals surface area (Å²) in [5.74, 6) is -0.251. The maximum absolute atomic E-state index is 12.7. The average Bonchev–Trinajstić information content (AvgIpc) is 3.23. The fourth-order valence-corrected chi connectivity index (χ4v) is 3.76. The monoisotopic (exact) mass is 402 g/mol. The van der Waals surface area contributed by atoms with E-state index < -0.39 is 4.92 Å². The van der Waals surface area contributed by atoms with Crippen molar-refractivity contribution >= 4 is 28.8 Å². The van der Waals surface area contributed by atoms with Gasteiger partial charge in [-0.1, -0.05) is 12.1 Å². The van der Waals surface area contributed by atoms with Crippen LogP contribution in [-0.2, 0) is 0 Å². The number of nitro groups is 1. The molecule has 0 aliphatic carbocycles. The lowest BCUT2D eigenvalue weighted by Crippen LogP contribution is -2.50.